The smallest absolute Gasteiger partial charge is 0.336 e. The van der Waals surface area contributed by atoms with Crippen LogP contribution in [0.15, 0.2) is 55.1 Å². The summed E-state index contributed by atoms with van der Waals surface area (Å²) in [5.74, 6) is -0.924. The van der Waals surface area contributed by atoms with Crippen LogP contribution >= 0.6 is 0 Å². The van der Waals surface area contributed by atoms with Crippen molar-refractivity contribution in [2.75, 3.05) is 0 Å². The summed E-state index contributed by atoms with van der Waals surface area (Å²) < 4.78 is 0. The Morgan fingerprint density at radius 2 is 1.82 bits per heavy atom. The predicted molar refractivity (Wildman–Crippen MR) is 68.9 cm³/mol. The van der Waals surface area contributed by atoms with Crippen molar-refractivity contribution in [2.45, 2.75) is 0 Å². The molecule has 84 valence electrons. The second kappa shape index (κ2) is 4.66. The second-order valence-electron chi connectivity index (χ2n) is 3.68. The lowest BCUT2D eigenvalue weighted by Gasteiger charge is -2.07. The molecule has 0 saturated carbocycles. The van der Waals surface area contributed by atoms with E-state index in [-0.39, 0.29) is 0 Å². The fourth-order valence-electron chi connectivity index (χ4n) is 1.74. The van der Waals surface area contributed by atoms with Crippen LogP contribution < -0.4 is 0 Å². The molecule has 0 radical (unpaired) electrons. The topological polar surface area (TPSA) is 37.3 Å². The summed E-state index contributed by atoms with van der Waals surface area (Å²) in [6.07, 6.45) is 1.64. The van der Waals surface area contributed by atoms with Crippen LogP contribution in [0.2, 0.25) is 0 Å². The molecule has 17 heavy (non-hydrogen) atoms. The van der Waals surface area contributed by atoms with Gasteiger partial charge in [0, 0.05) is 0 Å². The van der Waals surface area contributed by atoms with E-state index in [2.05, 4.69) is 6.58 Å². The summed E-state index contributed by atoms with van der Waals surface area (Å²) in [5, 5.41) is 9.21. The Bertz CT molecular complexity index is 556. The van der Waals surface area contributed by atoms with Gasteiger partial charge in [0.05, 0.1) is 5.56 Å². The lowest BCUT2D eigenvalue weighted by atomic mass is 9.97. The van der Waals surface area contributed by atoms with Gasteiger partial charge in [0.1, 0.15) is 0 Å². The van der Waals surface area contributed by atoms with Crippen molar-refractivity contribution >= 4 is 12.0 Å². The molecule has 2 heteroatoms. The molecular formula is C15H12O2. The second-order valence-corrected chi connectivity index (χ2v) is 3.68. The number of carboxylic acids is 1. The minimum atomic E-state index is -0.924. The normalized spacial score (nSPS) is 9.88. The summed E-state index contributed by atoms with van der Waals surface area (Å²) in [7, 11) is 0. The molecule has 0 fully saturated rings. The van der Waals surface area contributed by atoms with Gasteiger partial charge in [-0.2, -0.15) is 0 Å². The van der Waals surface area contributed by atoms with E-state index in [0.29, 0.717) is 5.56 Å². The molecule has 2 rings (SSSR count). The molecule has 0 aromatic heterocycles. The highest BCUT2D eigenvalue weighted by Gasteiger charge is 2.11. The predicted octanol–water partition coefficient (Wildman–Crippen LogP) is 3.69. The standard InChI is InChI=1S/C15H12O2/c1-2-11-8-9-13(14(10-11)15(16)17)12-6-4-3-5-7-12/h2-10H,1H2,(H,16,17). The van der Waals surface area contributed by atoms with Crippen LogP contribution in [-0.4, -0.2) is 11.1 Å². The third kappa shape index (κ3) is 2.26. The quantitative estimate of drug-likeness (QED) is 0.863. The number of carboxylic acid groups (broad SMARTS) is 1. The van der Waals surface area contributed by atoms with Gasteiger partial charge in [-0.1, -0.05) is 55.1 Å². The van der Waals surface area contributed by atoms with Gasteiger partial charge in [-0.15, -0.1) is 0 Å². The van der Waals surface area contributed by atoms with Crippen molar-refractivity contribution in [3.05, 3.63) is 66.2 Å². The van der Waals surface area contributed by atoms with E-state index in [1.54, 1.807) is 12.1 Å². The molecule has 0 heterocycles. The molecule has 1 N–H and O–H groups in total. The average molecular weight is 224 g/mol. The minimum absolute atomic E-state index is 0.300. The highest BCUT2D eigenvalue weighted by Crippen LogP contribution is 2.25. The number of aromatic carboxylic acids is 1. The highest BCUT2D eigenvalue weighted by atomic mass is 16.4. The van der Waals surface area contributed by atoms with Crippen LogP contribution in [-0.2, 0) is 0 Å². The van der Waals surface area contributed by atoms with Gasteiger partial charge >= 0.3 is 5.97 Å². The summed E-state index contributed by atoms with van der Waals surface area (Å²) in [5.41, 5.74) is 2.74. The van der Waals surface area contributed by atoms with Crippen molar-refractivity contribution in [3.8, 4) is 11.1 Å². The summed E-state index contributed by atoms with van der Waals surface area (Å²) >= 11 is 0. The van der Waals surface area contributed by atoms with E-state index in [1.807, 2.05) is 42.5 Å². The van der Waals surface area contributed by atoms with E-state index in [0.717, 1.165) is 16.7 Å². The molecule has 0 unspecified atom stereocenters. The van der Waals surface area contributed by atoms with Crippen LogP contribution in [0.3, 0.4) is 0 Å². The maximum absolute atomic E-state index is 11.2. The van der Waals surface area contributed by atoms with Gasteiger partial charge in [0.15, 0.2) is 0 Å². The molecule has 0 amide bonds. The molecule has 2 nitrogen and oxygen atoms in total. The molecule has 0 spiro atoms. The molecule has 0 bridgehead atoms. The molecule has 2 aromatic rings. The first kappa shape index (κ1) is 11.1. The third-order valence-electron chi connectivity index (χ3n) is 2.59. The first-order chi connectivity index (χ1) is 8.22. The van der Waals surface area contributed by atoms with Crippen LogP contribution in [0.1, 0.15) is 15.9 Å². The molecule has 2 aromatic carbocycles. The van der Waals surface area contributed by atoms with Crippen molar-refractivity contribution in [3.63, 3.8) is 0 Å². The maximum Gasteiger partial charge on any atom is 0.336 e. The fourth-order valence-corrected chi connectivity index (χ4v) is 1.74. The molecule has 0 aliphatic rings. The summed E-state index contributed by atoms with van der Waals surface area (Å²) in [6.45, 7) is 3.64. The van der Waals surface area contributed by atoms with Crippen LogP contribution in [0, 0.1) is 0 Å². The van der Waals surface area contributed by atoms with Crippen molar-refractivity contribution in [1.29, 1.82) is 0 Å². The zero-order valence-electron chi connectivity index (χ0n) is 9.26. The van der Waals surface area contributed by atoms with Gasteiger partial charge in [-0.3, -0.25) is 0 Å². The summed E-state index contributed by atoms with van der Waals surface area (Å²) in [6, 6.07) is 14.8. The Kier molecular flexibility index (Phi) is 3.06. The zero-order chi connectivity index (χ0) is 12.3. The Labute approximate surface area is 99.8 Å². The van der Waals surface area contributed by atoms with Gasteiger partial charge in [-0.05, 0) is 22.8 Å². The molecule has 0 atom stereocenters. The fraction of sp³-hybridized carbons (Fsp3) is 0. The number of hydrogen-bond acceptors (Lipinski definition) is 1. The monoisotopic (exact) mass is 224 g/mol. The average Bonchev–Trinajstić information content (AvgIpc) is 2.39. The Morgan fingerprint density at radius 1 is 1.12 bits per heavy atom. The lowest BCUT2D eigenvalue weighted by Crippen LogP contribution is -2.00. The van der Waals surface area contributed by atoms with E-state index in [4.69, 9.17) is 0 Å². The van der Waals surface area contributed by atoms with Gasteiger partial charge in [0.2, 0.25) is 0 Å². The van der Waals surface area contributed by atoms with Crippen LogP contribution in [0.25, 0.3) is 17.2 Å². The number of hydrogen-bond donors (Lipinski definition) is 1. The van der Waals surface area contributed by atoms with Crippen LogP contribution in [0.4, 0.5) is 0 Å². The number of benzene rings is 2. The zero-order valence-corrected chi connectivity index (χ0v) is 9.26. The Balaban J connectivity index is 2.62. The SMILES string of the molecule is C=Cc1ccc(-c2ccccc2)c(C(=O)O)c1. The van der Waals surface area contributed by atoms with E-state index >= 15 is 0 Å². The van der Waals surface area contributed by atoms with Crippen molar-refractivity contribution in [1.82, 2.24) is 0 Å². The molecular weight excluding hydrogens is 212 g/mol. The van der Waals surface area contributed by atoms with Gasteiger partial charge in [0.25, 0.3) is 0 Å². The lowest BCUT2D eigenvalue weighted by molar-refractivity contribution is 0.0697. The van der Waals surface area contributed by atoms with Crippen LogP contribution in [0.5, 0.6) is 0 Å². The molecule has 0 saturated heterocycles. The first-order valence-corrected chi connectivity index (χ1v) is 5.27. The van der Waals surface area contributed by atoms with E-state index in [9.17, 15) is 9.90 Å². The highest BCUT2D eigenvalue weighted by molar-refractivity contribution is 5.96. The van der Waals surface area contributed by atoms with Crippen molar-refractivity contribution < 1.29 is 9.90 Å². The molecule has 0 aliphatic carbocycles. The minimum Gasteiger partial charge on any atom is -0.478 e. The Morgan fingerprint density at radius 3 is 2.41 bits per heavy atom. The largest absolute Gasteiger partial charge is 0.478 e. The van der Waals surface area contributed by atoms with Gasteiger partial charge in [-0.25, -0.2) is 4.79 Å². The number of rotatable bonds is 3. The number of carbonyl (C=O) groups is 1. The summed E-state index contributed by atoms with van der Waals surface area (Å²) in [4.78, 5) is 11.2. The van der Waals surface area contributed by atoms with E-state index < -0.39 is 5.97 Å². The van der Waals surface area contributed by atoms with Crippen molar-refractivity contribution in [2.24, 2.45) is 0 Å². The molecule has 0 aliphatic heterocycles. The van der Waals surface area contributed by atoms with Gasteiger partial charge < -0.3 is 5.11 Å². The first-order valence-electron chi connectivity index (χ1n) is 5.27. The Hall–Kier alpha value is -2.35. The third-order valence-corrected chi connectivity index (χ3v) is 2.59. The maximum atomic E-state index is 11.2. The van der Waals surface area contributed by atoms with E-state index in [1.165, 1.54) is 0 Å².